The van der Waals surface area contributed by atoms with Gasteiger partial charge in [0.2, 0.25) is 0 Å². The topological polar surface area (TPSA) is 84.9 Å². The zero-order valence-electron chi connectivity index (χ0n) is 17.6. The number of hydrogen-bond donors (Lipinski definition) is 1. The van der Waals surface area contributed by atoms with Crippen molar-refractivity contribution in [2.24, 2.45) is 0 Å². The number of nitrogens with zero attached hydrogens (tertiary/aromatic N) is 1. The van der Waals surface area contributed by atoms with E-state index in [1.54, 1.807) is 18.7 Å². The van der Waals surface area contributed by atoms with Crippen LogP contribution in [0.3, 0.4) is 0 Å². The summed E-state index contributed by atoms with van der Waals surface area (Å²) in [5.41, 5.74) is 0. The molecule has 1 unspecified atom stereocenters. The molecule has 2 aliphatic rings. The largest absolute Gasteiger partial charge is 0.469 e. The molecule has 0 saturated heterocycles. The van der Waals surface area contributed by atoms with Crippen LogP contribution in [-0.2, 0) is 19.1 Å². The lowest BCUT2D eigenvalue weighted by atomic mass is 9.92. The second-order valence-corrected chi connectivity index (χ2v) is 8.27. The molecule has 0 aromatic rings. The smallest absolute Gasteiger partial charge is 0.329 e. The standard InChI is InChI=1S/C21H36N2O5/c1-15(2)28-20(25)18(14-19(24)27-3)23(17-12-8-5-9-13-17)21(26)22-16-10-6-4-7-11-16/h15-18H,4-14H2,1-3H3,(H,22,26). The molecule has 0 radical (unpaired) electrons. The number of hydrogen-bond acceptors (Lipinski definition) is 5. The fourth-order valence-corrected chi connectivity index (χ4v) is 4.26. The second-order valence-electron chi connectivity index (χ2n) is 8.27. The Kier molecular flexibility index (Phi) is 9.06. The minimum atomic E-state index is -0.957. The summed E-state index contributed by atoms with van der Waals surface area (Å²) in [6.45, 7) is 3.53. The van der Waals surface area contributed by atoms with Crippen molar-refractivity contribution in [3.63, 3.8) is 0 Å². The van der Waals surface area contributed by atoms with Gasteiger partial charge in [0.25, 0.3) is 0 Å². The van der Waals surface area contributed by atoms with Gasteiger partial charge in [0, 0.05) is 12.1 Å². The van der Waals surface area contributed by atoms with Gasteiger partial charge in [-0.3, -0.25) is 4.79 Å². The van der Waals surface area contributed by atoms with Crippen LogP contribution in [0.2, 0.25) is 0 Å². The van der Waals surface area contributed by atoms with E-state index in [-0.39, 0.29) is 30.6 Å². The summed E-state index contributed by atoms with van der Waals surface area (Å²) in [5.74, 6) is -1.05. The molecule has 7 nitrogen and oxygen atoms in total. The highest BCUT2D eigenvalue weighted by molar-refractivity contribution is 5.88. The quantitative estimate of drug-likeness (QED) is 0.665. The molecule has 2 amide bonds. The third-order valence-corrected chi connectivity index (χ3v) is 5.68. The number of carbonyl (C=O) groups excluding carboxylic acids is 3. The van der Waals surface area contributed by atoms with Crippen molar-refractivity contribution < 1.29 is 23.9 Å². The normalized spacial score (nSPS) is 19.7. The molecule has 2 fully saturated rings. The number of ether oxygens (including phenoxy) is 2. The molecule has 0 heterocycles. The molecule has 7 heteroatoms. The van der Waals surface area contributed by atoms with Crippen LogP contribution < -0.4 is 5.32 Å². The Morgan fingerprint density at radius 2 is 1.54 bits per heavy atom. The van der Waals surface area contributed by atoms with Gasteiger partial charge in [0.15, 0.2) is 0 Å². The van der Waals surface area contributed by atoms with Crippen molar-refractivity contribution in [3.8, 4) is 0 Å². The first kappa shape index (κ1) is 22.5. The highest BCUT2D eigenvalue weighted by atomic mass is 16.5. The maximum atomic E-state index is 13.3. The third-order valence-electron chi connectivity index (χ3n) is 5.68. The van der Waals surface area contributed by atoms with Crippen LogP contribution in [0.5, 0.6) is 0 Å². The lowest BCUT2D eigenvalue weighted by Gasteiger charge is -2.39. The molecular formula is C21H36N2O5. The highest BCUT2D eigenvalue weighted by Gasteiger charge is 2.39. The second kappa shape index (κ2) is 11.3. The molecule has 2 aliphatic carbocycles. The lowest BCUT2D eigenvalue weighted by Crippen LogP contribution is -2.57. The van der Waals surface area contributed by atoms with Crippen molar-refractivity contribution in [2.45, 2.75) is 109 Å². The van der Waals surface area contributed by atoms with Crippen LogP contribution >= 0.6 is 0 Å². The first-order valence-electron chi connectivity index (χ1n) is 10.8. The van der Waals surface area contributed by atoms with Crippen molar-refractivity contribution in [1.82, 2.24) is 10.2 Å². The first-order valence-corrected chi connectivity index (χ1v) is 10.8. The van der Waals surface area contributed by atoms with E-state index in [9.17, 15) is 14.4 Å². The number of esters is 2. The summed E-state index contributed by atoms with van der Waals surface area (Å²) in [4.78, 5) is 39.7. The van der Waals surface area contributed by atoms with E-state index in [4.69, 9.17) is 9.47 Å². The van der Waals surface area contributed by atoms with Crippen LogP contribution in [0, 0.1) is 0 Å². The van der Waals surface area contributed by atoms with Crippen molar-refractivity contribution >= 4 is 18.0 Å². The summed E-state index contributed by atoms with van der Waals surface area (Å²) < 4.78 is 10.2. The predicted molar refractivity (Wildman–Crippen MR) is 106 cm³/mol. The molecule has 0 aromatic heterocycles. The Balaban J connectivity index is 2.23. The molecule has 2 rings (SSSR count). The van der Waals surface area contributed by atoms with E-state index in [1.807, 2.05) is 0 Å². The summed E-state index contributed by atoms with van der Waals surface area (Å²) >= 11 is 0. The molecule has 0 aliphatic heterocycles. The fourth-order valence-electron chi connectivity index (χ4n) is 4.26. The van der Waals surface area contributed by atoms with E-state index in [2.05, 4.69) is 5.32 Å². The Hall–Kier alpha value is -1.79. The molecule has 2 saturated carbocycles. The number of urea groups is 1. The molecule has 1 N–H and O–H groups in total. The van der Waals surface area contributed by atoms with Gasteiger partial charge in [0.05, 0.1) is 19.6 Å². The third kappa shape index (κ3) is 6.67. The number of carbonyl (C=O) groups is 3. The predicted octanol–water partition coefficient (Wildman–Crippen LogP) is 3.55. The minimum Gasteiger partial charge on any atom is -0.469 e. The van der Waals surface area contributed by atoms with Gasteiger partial charge in [0.1, 0.15) is 6.04 Å². The summed E-state index contributed by atoms with van der Waals surface area (Å²) in [6, 6.07) is -1.14. The van der Waals surface area contributed by atoms with Gasteiger partial charge >= 0.3 is 18.0 Å². The van der Waals surface area contributed by atoms with Gasteiger partial charge in [-0.05, 0) is 39.5 Å². The average molecular weight is 397 g/mol. The molecule has 0 spiro atoms. The number of nitrogens with one attached hydrogen (secondary N) is 1. The Morgan fingerprint density at radius 1 is 0.964 bits per heavy atom. The summed E-state index contributed by atoms with van der Waals surface area (Å²) in [6.07, 6.45) is 9.67. The zero-order valence-corrected chi connectivity index (χ0v) is 17.6. The Labute approximate surface area is 168 Å². The molecule has 28 heavy (non-hydrogen) atoms. The maximum absolute atomic E-state index is 13.3. The summed E-state index contributed by atoms with van der Waals surface area (Å²) in [5, 5.41) is 3.12. The van der Waals surface area contributed by atoms with Gasteiger partial charge < -0.3 is 19.7 Å². The highest BCUT2D eigenvalue weighted by Crippen LogP contribution is 2.27. The first-order chi connectivity index (χ1) is 13.4. The van der Waals surface area contributed by atoms with Crippen LogP contribution in [0.1, 0.15) is 84.5 Å². The van der Waals surface area contributed by atoms with E-state index in [0.29, 0.717) is 0 Å². The van der Waals surface area contributed by atoms with Gasteiger partial charge in [-0.15, -0.1) is 0 Å². The van der Waals surface area contributed by atoms with Gasteiger partial charge in [-0.1, -0.05) is 38.5 Å². The lowest BCUT2D eigenvalue weighted by molar-refractivity contribution is -0.158. The Bertz CT molecular complexity index is 525. The maximum Gasteiger partial charge on any atom is 0.329 e. The van der Waals surface area contributed by atoms with Crippen molar-refractivity contribution in [2.75, 3.05) is 7.11 Å². The van der Waals surface area contributed by atoms with Gasteiger partial charge in [-0.25, -0.2) is 9.59 Å². The molecule has 0 aromatic carbocycles. The number of rotatable bonds is 7. The zero-order chi connectivity index (χ0) is 20.5. The van der Waals surface area contributed by atoms with Crippen molar-refractivity contribution in [1.29, 1.82) is 0 Å². The van der Waals surface area contributed by atoms with E-state index in [1.165, 1.54) is 13.5 Å². The average Bonchev–Trinajstić information content (AvgIpc) is 2.68. The van der Waals surface area contributed by atoms with Crippen LogP contribution in [0.15, 0.2) is 0 Å². The van der Waals surface area contributed by atoms with E-state index < -0.39 is 18.0 Å². The molecule has 1 atom stereocenters. The van der Waals surface area contributed by atoms with E-state index in [0.717, 1.165) is 57.8 Å². The molecular weight excluding hydrogens is 360 g/mol. The van der Waals surface area contributed by atoms with Crippen LogP contribution in [0.4, 0.5) is 4.79 Å². The fraction of sp³-hybridized carbons (Fsp3) is 0.857. The molecule has 160 valence electrons. The van der Waals surface area contributed by atoms with Crippen LogP contribution in [-0.4, -0.2) is 54.2 Å². The minimum absolute atomic E-state index is 0.0632. The monoisotopic (exact) mass is 396 g/mol. The van der Waals surface area contributed by atoms with E-state index >= 15 is 0 Å². The number of methoxy groups -OCH3 is 1. The molecule has 0 bridgehead atoms. The Morgan fingerprint density at radius 3 is 2.07 bits per heavy atom. The summed E-state index contributed by atoms with van der Waals surface area (Å²) in [7, 11) is 1.29. The van der Waals surface area contributed by atoms with Gasteiger partial charge in [-0.2, -0.15) is 0 Å². The SMILES string of the molecule is COC(=O)CC(C(=O)OC(C)C)N(C(=O)NC1CCCCC1)C1CCCCC1. The number of amides is 2. The van der Waals surface area contributed by atoms with Crippen molar-refractivity contribution in [3.05, 3.63) is 0 Å². The van der Waals surface area contributed by atoms with Crippen LogP contribution in [0.25, 0.3) is 0 Å².